The van der Waals surface area contributed by atoms with Gasteiger partial charge in [-0.2, -0.15) is 0 Å². The Morgan fingerprint density at radius 2 is 1.35 bits per heavy atom. The highest BCUT2D eigenvalue weighted by Gasteiger charge is 2.49. The summed E-state index contributed by atoms with van der Waals surface area (Å²) < 4.78 is 0. The predicted octanol–water partition coefficient (Wildman–Crippen LogP) is 7.65. The Hall–Kier alpha value is -3.19. The van der Waals surface area contributed by atoms with Crippen molar-refractivity contribution in [2.45, 2.75) is 45.4 Å². The molecule has 1 heteroatoms. The summed E-state index contributed by atoms with van der Waals surface area (Å²) in [6, 6.07) is 25.0. The lowest BCUT2D eigenvalue weighted by molar-refractivity contribution is 0.588. The molecule has 1 heterocycles. The van der Waals surface area contributed by atoms with Crippen molar-refractivity contribution >= 4 is 16.3 Å². The molecule has 0 atom stereocenters. The first-order valence-corrected chi connectivity index (χ1v) is 11.2. The van der Waals surface area contributed by atoms with E-state index in [1.54, 1.807) is 0 Å². The van der Waals surface area contributed by atoms with Crippen LogP contribution in [0.1, 0.15) is 62.6 Å². The van der Waals surface area contributed by atoms with E-state index in [2.05, 4.69) is 101 Å². The molecule has 3 aromatic carbocycles. The second kappa shape index (κ2) is 5.95. The number of benzene rings is 3. The number of nitrogens with zero attached hydrogens (tertiary/aromatic N) is 1. The van der Waals surface area contributed by atoms with Gasteiger partial charge in [0.1, 0.15) is 0 Å². The lowest BCUT2D eigenvalue weighted by Gasteiger charge is -2.40. The van der Waals surface area contributed by atoms with Crippen LogP contribution in [0.15, 0.2) is 78.5 Å². The Balaban J connectivity index is 1.88. The smallest absolute Gasteiger partial charge is 0.0740 e. The van der Waals surface area contributed by atoms with E-state index >= 15 is 0 Å². The van der Waals surface area contributed by atoms with Crippen LogP contribution >= 0.6 is 0 Å². The average molecular weight is 402 g/mol. The number of rotatable bonds is 0. The molecule has 1 aromatic heterocycles. The van der Waals surface area contributed by atoms with Crippen LogP contribution in [0.25, 0.3) is 27.5 Å². The topological polar surface area (TPSA) is 12.9 Å². The molecule has 0 saturated heterocycles. The van der Waals surface area contributed by atoms with Gasteiger partial charge in [-0.15, -0.1) is 0 Å². The van der Waals surface area contributed by atoms with Gasteiger partial charge in [0.15, 0.2) is 0 Å². The quantitative estimate of drug-likeness (QED) is 0.295. The first-order valence-electron chi connectivity index (χ1n) is 11.2. The van der Waals surface area contributed by atoms with Crippen LogP contribution in [0.3, 0.4) is 0 Å². The number of pyridine rings is 1. The number of hydrogen-bond acceptors (Lipinski definition) is 1. The lowest BCUT2D eigenvalue weighted by atomic mass is 9.62. The molecule has 4 aromatic rings. The molecule has 1 spiro atoms. The van der Waals surface area contributed by atoms with Crippen LogP contribution in [0.4, 0.5) is 0 Å². The fraction of sp³-hybridized carbons (Fsp3) is 0.233. The summed E-state index contributed by atoms with van der Waals surface area (Å²) in [6.45, 7) is 11.5. The average Bonchev–Trinajstić information content (AvgIpc) is 3.06. The largest absolute Gasteiger partial charge is 0.256 e. The Morgan fingerprint density at radius 3 is 1.97 bits per heavy atom. The van der Waals surface area contributed by atoms with Crippen LogP contribution in [0.5, 0.6) is 0 Å². The fourth-order valence-electron chi connectivity index (χ4n) is 5.92. The number of hydrogen-bond donors (Lipinski definition) is 0. The monoisotopic (exact) mass is 401 g/mol. The van der Waals surface area contributed by atoms with E-state index in [1.165, 1.54) is 55.3 Å². The van der Waals surface area contributed by atoms with E-state index in [9.17, 15) is 0 Å². The highest BCUT2D eigenvalue weighted by Crippen LogP contribution is 2.60. The third kappa shape index (κ3) is 2.19. The summed E-state index contributed by atoms with van der Waals surface area (Å²) >= 11 is 0. The number of allylic oxidation sites excluding steroid dienone is 2. The van der Waals surface area contributed by atoms with Crippen LogP contribution in [0.2, 0.25) is 0 Å². The molecule has 1 nitrogen and oxygen atoms in total. The highest BCUT2D eigenvalue weighted by atomic mass is 14.7. The molecule has 0 aliphatic heterocycles. The van der Waals surface area contributed by atoms with E-state index in [0.29, 0.717) is 0 Å². The van der Waals surface area contributed by atoms with Crippen molar-refractivity contribution in [2.24, 2.45) is 0 Å². The first-order chi connectivity index (χ1) is 14.8. The molecular formula is C30H27N. The molecule has 2 aliphatic rings. The molecular weight excluding hydrogens is 374 g/mol. The van der Waals surface area contributed by atoms with Crippen LogP contribution in [-0.2, 0) is 10.8 Å². The van der Waals surface area contributed by atoms with Crippen molar-refractivity contribution in [3.05, 3.63) is 106 Å². The van der Waals surface area contributed by atoms with Gasteiger partial charge in [-0.05, 0) is 75.2 Å². The minimum atomic E-state index is -0.271. The van der Waals surface area contributed by atoms with Gasteiger partial charge < -0.3 is 0 Å². The predicted molar refractivity (Wildman–Crippen MR) is 130 cm³/mol. The summed E-state index contributed by atoms with van der Waals surface area (Å²) in [6.07, 6.45) is 1.97. The fourth-order valence-corrected chi connectivity index (χ4v) is 5.92. The van der Waals surface area contributed by atoms with Crippen molar-refractivity contribution in [2.75, 3.05) is 0 Å². The summed E-state index contributed by atoms with van der Waals surface area (Å²) in [7, 11) is 0. The molecule has 6 rings (SSSR count). The molecule has 0 amide bonds. The molecule has 0 bridgehead atoms. The zero-order valence-corrected chi connectivity index (χ0v) is 18.9. The van der Waals surface area contributed by atoms with Crippen molar-refractivity contribution in [3.63, 3.8) is 0 Å². The highest BCUT2D eigenvalue weighted by molar-refractivity contribution is 6.03. The molecule has 0 unspecified atom stereocenters. The van der Waals surface area contributed by atoms with Crippen molar-refractivity contribution < 1.29 is 0 Å². The van der Waals surface area contributed by atoms with Crippen LogP contribution in [-0.4, -0.2) is 4.98 Å². The molecule has 0 radical (unpaired) electrons. The molecule has 0 saturated carbocycles. The van der Waals surface area contributed by atoms with Gasteiger partial charge in [0.25, 0.3) is 0 Å². The third-order valence-corrected chi connectivity index (χ3v) is 7.57. The third-order valence-electron chi connectivity index (χ3n) is 7.57. The maximum Gasteiger partial charge on any atom is 0.0740 e. The van der Waals surface area contributed by atoms with E-state index in [-0.39, 0.29) is 10.8 Å². The molecule has 152 valence electrons. The second-order valence-electron chi connectivity index (χ2n) is 10.1. The second-order valence-corrected chi connectivity index (χ2v) is 10.1. The van der Waals surface area contributed by atoms with Crippen LogP contribution in [0, 0.1) is 0 Å². The van der Waals surface area contributed by atoms with Gasteiger partial charge in [0.05, 0.1) is 11.1 Å². The maximum atomic E-state index is 4.87. The minimum Gasteiger partial charge on any atom is -0.256 e. The van der Waals surface area contributed by atoms with E-state index in [4.69, 9.17) is 4.98 Å². The normalized spacial score (nSPS) is 16.0. The summed E-state index contributed by atoms with van der Waals surface area (Å²) in [5.74, 6) is 0. The van der Waals surface area contributed by atoms with Crippen molar-refractivity contribution in [1.82, 2.24) is 4.98 Å². The van der Waals surface area contributed by atoms with Gasteiger partial charge >= 0.3 is 0 Å². The van der Waals surface area contributed by atoms with Gasteiger partial charge in [0, 0.05) is 11.6 Å². The van der Waals surface area contributed by atoms with Gasteiger partial charge in [0.2, 0.25) is 0 Å². The Labute approximate surface area is 184 Å². The van der Waals surface area contributed by atoms with Crippen molar-refractivity contribution in [1.29, 1.82) is 0 Å². The Bertz CT molecular complexity index is 1380. The van der Waals surface area contributed by atoms with Crippen molar-refractivity contribution in [3.8, 4) is 11.1 Å². The number of aromatic nitrogens is 1. The molecule has 0 N–H and O–H groups in total. The first kappa shape index (κ1) is 18.6. The van der Waals surface area contributed by atoms with Gasteiger partial charge in [-0.25, -0.2) is 0 Å². The zero-order valence-electron chi connectivity index (χ0n) is 18.9. The minimum absolute atomic E-state index is 0.0665. The van der Waals surface area contributed by atoms with E-state index in [1.807, 2.05) is 6.20 Å². The van der Waals surface area contributed by atoms with E-state index in [0.717, 1.165) is 5.69 Å². The number of fused-ring (bicyclic) bond motifs is 6. The summed E-state index contributed by atoms with van der Waals surface area (Å²) in [4.78, 5) is 4.87. The summed E-state index contributed by atoms with van der Waals surface area (Å²) in [5, 5.41) is 2.60. The maximum absolute atomic E-state index is 4.87. The lowest BCUT2D eigenvalue weighted by Crippen LogP contribution is -2.32. The summed E-state index contributed by atoms with van der Waals surface area (Å²) in [5.41, 5.74) is 11.9. The SMILES string of the molecule is CC1=C(C)C2(c3ccccc3-c3ccccc32)c2cc(C(C)(C)C)cc3ccnc1c23. The standard InChI is InChI=1S/C30H27N/c1-18-19(2)30(24-12-8-6-10-22(24)23-11-7-9-13-25(23)30)26-17-21(29(3,4)5)16-20-14-15-31-28(18)27(20)26/h6-17H,1-5H3. The van der Waals surface area contributed by atoms with Gasteiger partial charge in [-0.3, -0.25) is 4.98 Å². The molecule has 31 heavy (non-hydrogen) atoms. The molecule has 2 aliphatic carbocycles. The Kier molecular flexibility index (Phi) is 3.56. The Morgan fingerprint density at radius 1 is 0.742 bits per heavy atom. The zero-order chi connectivity index (χ0) is 21.5. The van der Waals surface area contributed by atoms with E-state index < -0.39 is 0 Å². The van der Waals surface area contributed by atoms with Gasteiger partial charge in [-0.1, -0.05) is 81.4 Å². The van der Waals surface area contributed by atoms with Crippen LogP contribution < -0.4 is 0 Å². The molecule has 0 fully saturated rings.